The summed E-state index contributed by atoms with van der Waals surface area (Å²) in [6.07, 6.45) is 3.13. The van der Waals surface area contributed by atoms with Crippen LogP contribution in [0.3, 0.4) is 0 Å². The highest BCUT2D eigenvalue weighted by molar-refractivity contribution is 6.42. The Bertz CT molecular complexity index is 1260. The summed E-state index contributed by atoms with van der Waals surface area (Å²) in [5.41, 5.74) is 3.82. The first-order valence-corrected chi connectivity index (χ1v) is 10.9. The highest BCUT2D eigenvalue weighted by Crippen LogP contribution is 2.23. The molecule has 1 atom stereocenters. The van der Waals surface area contributed by atoms with Crippen LogP contribution in [0.5, 0.6) is 0 Å². The quantitative estimate of drug-likeness (QED) is 0.266. The third-order valence-corrected chi connectivity index (χ3v) is 5.63. The number of carbonyl (C=O) groups excluding carboxylic acids is 2. The summed E-state index contributed by atoms with van der Waals surface area (Å²) in [4.78, 5) is 35.9. The van der Waals surface area contributed by atoms with Crippen molar-refractivity contribution in [1.82, 2.24) is 15.3 Å². The highest BCUT2D eigenvalue weighted by Gasteiger charge is 2.24. The number of nitrogens with one attached hydrogen (secondary N) is 2. The minimum atomic E-state index is -0.859. The number of aromatic nitrogens is 1. The van der Waals surface area contributed by atoms with Crippen molar-refractivity contribution in [2.45, 2.75) is 19.9 Å². The first kappa shape index (κ1) is 24.9. The molecular formula is C23H21Cl2N5O4. The van der Waals surface area contributed by atoms with Crippen molar-refractivity contribution in [3.63, 3.8) is 0 Å². The molecule has 0 aliphatic heterocycles. The molecule has 0 bridgehead atoms. The predicted molar refractivity (Wildman–Crippen MR) is 131 cm³/mol. The van der Waals surface area contributed by atoms with Crippen LogP contribution in [0, 0.1) is 16.0 Å². The number of hydrazone groups is 1. The maximum Gasteiger partial charge on any atom is 0.271 e. The molecular weight excluding hydrogens is 481 g/mol. The lowest BCUT2D eigenvalue weighted by Gasteiger charge is -2.20. The Morgan fingerprint density at radius 3 is 2.53 bits per heavy atom. The second-order valence-corrected chi connectivity index (χ2v) is 8.45. The van der Waals surface area contributed by atoms with Gasteiger partial charge in [-0.1, -0.05) is 43.1 Å². The molecule has 11 heteroatoms. The molecule has 2 N–H and O–H groups in total. The van der Waals surface area contributed by atoms with Gasteiger partial charge in [-0.15, -0.1) is 0 Å². The van der Waals surface area contributed by atoms with Crippen LogP contribution in [-0.4, -0.2) is 33.6 Å². The molecule has 0 aliphatic rings. The SMILES string of the molecule is CC(C)C(NC(=O)c1ccc(Cl)c(Cl)c1)C(=O)NN=Cc1cccn1-c1cccc([N+](=O)[O-])c1. The summed E-state index contributed by atoms with van der Waals surface area (Å²) in [5, 5.41) is 18.3. The van der Waals surface area contributed by atoms with E-state index in [9.17, 15) is 19.7 Å². The summed E-state index contributed by atoms with van der Waals surface area (Å²) < 4.78 is 1.69. The second kappa shape index (κ2) is 11.0. The standard InChI is InChI=1S/C23H21Cl2N5O4/c1-14(2)21(27-22(31)15-8-9-19(24)20(25)11-15)23(32)28-26-13-18-7-4-10-29(18)16-5-3-6-17(12-16)30(33)34/h3-14,21H,1-2H3,(H,27,31)(H,28,32). The predicted octanol–water partition coefficient (Wildman–Crippen LogP) is 4.60. The van der Waals surface area contributed by atoms with E-state index in [4.69, 9.17) is 23.2 Å². The molecule has 0 saturated carbocycles. The van der Waals surface area contributed by atoms with Crippen LogP contribution >= 0.6 is 23.2 Å². The number of benzene rings is 2. The molecule has 1 unspecified atom stereocenters. The Hall–Kier alpha value is -3.69. The molecule has 0 radical (unpaired) electrons. The lowest BCUT2D eigenvalue weighted by Crippen LogP contribution is -2.48. The Morgan fingerprint density at radius 2 is 1.85 bits per heavy atom. The topological polar surface area (TPSA) is 119 Å². The second-order valence-electron chi connectivity index (χ2n) is 7.64. The molecule has 1 heterocycles. The molecule has 3 aromatic rings. The largest absolute Gasteiger partial charge is 0.340 e. The van der Waals surface area contributed by atoms with Gasteiger partial charge in [0.2, 0.25) is 0 Å². The number of hydrogen-bond acceptors (Lipinski definition) is 5. The number of nitrogens with zero attached hydrogens (tertiary/aromatic N) is 3. The first-order valence-electron chi connectivity index (χ1n) is 10.2. The number of halogens is 2. The lowest BCUT2D eigenvalue weighted by atomic mass is 10.0. The Balaban J connectivity index is 1.70. The fourth-order valence-corrected chi connectivity index (χ4v) is 3.42. The zero-order valence-corrected chi connectivity index (χ0v) is 19.7. The molecule has 9 nitrogen and oxygen atoms in total. The molecule has 176 valence electrons. The molecule has 0 spiro atoms. The van der Waals surface area contributed by atoms with Gasteiger partial charge in [0, 0.05) is 23.9 Å². The van der Waals surface area contributed by atoms with Gasteiger partial charge < -0.3 is 9.88 Å². The summed E-state index contributed by atoms with van der Waals surface area (Å²) in [6, 6.07) is 13.2. The van der Waals surface area contributed by atoms with Crippen LogP contribution in [0.4, 0.5) is 5.69 Å². The number of non-ortho nitro benzene ring substituents is 1. The van der Waals surface area contributed by atoms with Crippen molar-refractivity contribution >= 4 is 46.9 Å². The van der Waals surface area contributed by atoms with Crippen LogP contribution in [0.25, 0.3) is 5.69 Å². The van der Waals surface area contributed by atoms with E-state index in [0.717, 1.165) is 0 Å². The molecule has 2 aromatic carbocycles. The van der Waals surface area contributed by atoms with E-state index in [1.54, 1.807) is 48.9 Å². The van der Waals surface area contributed by atoms with E-state index in [-0.39, 0.29) is 22.2 Å². The van der Waals surface area contributed by atoms with E-state index in [2.05, 4.69) is 15.8 Å². The van der Waals surface area contributed by atoms with Crippen molar-refractivity contribution in [1.29, 1.82) is 0 Å². The van der Waals surface area contributed by atoms with Gasteiger partial charge in [0.25, 0.3) is 17.5 Å². The summed E-state index contributed by atoms with van der Waals surface area (Å²) in [7, 11) is 0. The third-order valence-electron chi connectivity index (χ3n) is 4.89. The zero-order valence-electron chi connectivity index (χ0n) is 18.2. The number of rotatable bonds is 8. The van der Waals surface area contributed by atoms with E-state index in [0.29, 0.717) is 16.4 Å². The number of nitro groups is 1. The van der Waals surface area contributed by atoms with Crippen LogP contribution in [-0.2, 0) is 4.79 Å². The van der Waals surface area contributed by atoms with Crippen molar-refractivity contribution in [2.75, 3.05) is 0 Å². The van der Waals surface area contributed by atoms with Gasteiger partial charge in [0.1, 0.15) is 6.04 Å². The summed E-state index contributed by atoms with van der Waals surface area (Å²) in [5.74, 6) is -1.21. The van der Waals surface area contributed by atoms with E-state index >= 15 is 0 Å². The molecule has 2 amide bonds. The average Bonchev–Trinajstić information content (AvgIpc) is 3.27. The zero-order chi connectivity index (χ0) is 24.8. The van der Waals surface area contributed by atoms with E-state index in [1.807, 2.05) is 0 Å². The molecule has 0 aliphatic carbocycles. The van der Waals surface area contributed by atoms with Gasteiger partial charge in [0.15, 0.2) is 0 Å². The highest BCUT2D eigenvalue weighted by atomic mass is 35.5. The molecule has 1 aromatic heterocycles. The monoisotopic (exact) mass is 501 g/mol. The number of amides is 2. The fourth-order valence-electron chi connectivity index (χ4n) is 3.12. The van der Waals surface area contributed by atoms with Crippen molar-refractivity contribution in [2.24, 2.45) is 11.0 Å². The maximum absolute atomic E-state index is 12.7. The minimum absolute atomic E-state index is 0.0418. The molecule has 0 fully saturated rings. The van der Waals surface area contributed by atoms with Crippen LogP contribution in [0.15, 0.2) is 65.9 Å². The first-order chi connectivity index (χ1) is 16.2. The molecule has 0 saturated heterocycles. The number of carbonyl (C=O) groups is 2. The minimum Gasteiger partial charge on any atom is -0.340 e. The van der Waals surface area contributed by atoms with Gasteiger partial charge in [-0.3, -0.25) is 19.7 Å². The van der Waals surface area contributed by atoms with Gasteiger partial charge in [0.05, 0.1) is 32.6 Å². The fraction of sp³-hybridized carbons (Fsp3) is 0.174. The summed E-state index contributed by atoms with van der Waals surface area (Å²) in [6.45, 7) is 3.58. The van der Waals surface area contributed by atoms with Gasteiger partial charge >= 0.3 is 0 Å². The average molecular weight is 502 g/mol. The molecule has 3 rings (SSSR count). The van der Waals surface area contributed by atoms with Crippen LogP contribution in [0.1, 0.15) is 29.9 Å². The normalized spacial score (nSPS) is 12.0. The van der Waals surface area contributed by atoms with Crippen LogP contribution in [0.2, 0.25) is 10.0 Å². The number of hydrogen-bond donors (Lipinski definition) is 2. The molecule has 34 heavy (non-hydrogen) atoms. The van der Waals surface area contributed by atoms with Crippen molar-refractivity contribution in [3.8, 4) is 5.69 Å². The number of nitro benzene ring substituents is 1. The van der Waals surface area contributed by atoms with Crippen molar-refractivity contribution in [3.05, 3.63) is 92.2 Å². The maximum atomic E-state index is 12.7. The van der Waals surface area contributed by atoms with E-state index < -0.39 is 22.8 Å². The Kier molecular flexibility index (Phi) is 8.04. The van der Waals surface area contributed by atoms with Gasteiger partial charge in [-0.2, -0.15) is 5.10 Å². The summed E-state index contributed by atoms with van der Waals surface area (Å²) >= 11 is 11.9. The lowest BCUT2D eigenvalue weighted by molar-refractivity contribution is -0.384. The third kappa shape index (κ3) is 6.00. The Morgan fingerprint density at radius 1 is 1.09 bits per heavy atom. The van der Waals surface area contributed by atoms with Gasteiger partial charge in [-0.25, -0.2) is 5.43 Å². The Labute approximate surface area is 205 Å². The smallest absolute Gasteiger partial charge is 0.271 e. The van der Waals surface area contributed by atoms with E-state index in [1.165, 1.54) is 36.5 Å². The van der Waals surface area contributed by atoms with Crippen molar-refractivity contribution < 1.29 is 14.5 Å². The van der Waals surface area contributed by atoms with Gasteiger partial charge in [-0.05, 0) is 42.3 Å². The van der Waals surface area contributed by atoms with Crippen LogP contribution < -0.4 is 10.7 Å².